The van der Waals surface area contributed by atoms with E-state index in [0.717, 1.165) is 16.1 Å². The Morgan fingerprint density at radius 2 is 0.609 bits per heavy atom. The van der Waals surface area contributed by atoms with Crippen LogP contribution in [0.4, 0.5) is 93.5 Å². The first-order valence-electron chi connectivity index (χ1n) is 17.2. The largest absolute Gasteiger partial charge is 0.378 e. The van der Waals surface area contributed by atoms with Gasteiger partial charge in [0.2, 0.25) is 0 Å². The van der Waals surface area contributed by atoms with Gasteiger partial charge in [0, 0.05) is 25.3 Å². The van der Waals surface area contributed by atoms with Crippen LogP contribution in [0.25, 0.3) is 0 Å². The van der Waals surface area contributed by atoms with Crippen molar-refractivity contribution in [1.29, 1.82) is 0 Å². The predicted octanol–water partition coefficient (Wildman–Crippen LogP) is 9.29. The molecule has 0 spiro atoms. The van der Waals surface area contributed by atoms with Crippen LogP contribution >= 0.6 is 0 Å². The number of anilines is 1. The maximum Gasteiger partial charge on any atom is 0.200 e. The highest BCUT2D eigenvalue weighted by molar-refractivity contribution is 8.01. The highest BCUT2D eigenvalue weighted by Gasteiger charge is 2.52. The molecule has 6 rings (SSSR count). The fraction of sp³-hybridized carbons (Fsp3) is 0.100. The fourth-order valence-electron chi connectivity index (χ4n) is 6.87. The summed E-state index contributed by atoms with van der Waals surface area (Å²) in [5.74, 6) is -70.8. The second-order valence-corrected chi connectivity index (χ2v) is 16.6. The Morgan fingerprint density at radius 3 is 0.844 bits per heavy atom. The minimum Gasteiger partial charge on any atom is -0.378 e. The number of hydrogen-bond donors (Lipinski definition) is 0. The predicted molar refractivity (Wildman–Crippen MR) is 192 cm³/mol. The molecule has 0 fully saturated rings. The maximum atomic E-state index is 15.4. The van der Waals surface area contributed by atoms with Gasteiger partial charge in [-0.05, 0) is 24.3 Å². The molecule has 0 heterocycles. The number of hydrogen-bond acceptors (Lipinski definition) is 2. The van der Waals surface area contributed by atoms with E-state index in [2.05, 4.69) is 29.2 Å². The SMILES string of the molecule is CN(C)c1ccc(C[S+](C)(=O)c2ccccc2)cc1.Fc1c(F)c(F)c([B-](c2c(F)c(F)c(F)c(F)c2F)(c2c(F)c(F)c(F)c(F)c2F)c2c(F)c(F)c(F)c(F)c2F)c(F)c1F. The van der Waals surface area contributed by atoms with E-state index < -0.39 is 154 Å². The quantitative estimate of drug-likeness (QED) is 0.0499. The van der Waals surface area contributed by atoms with Gasteiger partial charge < -0.3 is 4.90 Å². The lowest BCUT2D eigenvalue weighted by Crippen LogP contribution is -2.81. The third-order valence-corrected chi connectivity index (χ3v) is 12.0. The molecule has 6 aromatic rings. The number of benzene rings is 6. The molecular formula is C40H20BF20NOS. The molecule has 64 heavy (non-hydrogen) atoms. The van der Waals surface area contributed by atoms with E-state index in [-0.39, 0.29) is 0 Å². The zero-order chi connectivity index (χ0) is 48.2. The van der Waals surface area contributed by atoms with Crippen molar-refractivity contribution in [3.05, 3.63) is 177 Å². The standard InChI is InChI=1S/C24BF20.C16H20NOS/c26-5-1(6(27)14(35)21(42)13(5)34)25(2-7(28)15(36)22(43)16(37)8(2)29,3-9(30)17(38)23(44)18(39)10(3)31)4-11(32)19(40)24(45)20(41)12(4)33;1-17(2)15-11-9-14(10-12-15)13-19(3,18)16-7-5-4-6-8-16/h;4-12H,13H2,1-3H3/q-1;+1. The third kappa shape index (κ3) is 7.82. The van der Waals surface area contributed by atoms with E-state index in [1.807, 2.05) is 50.7 Å². The maximum absolute atomic E-state index is 15.4. The van der Waals surface area contributed by atoms with Gasteiger partial charge >= 0.3 is 0 Å². The summed E-state index contributed by atoms with van der Waals surface area (Å²) in [7, 11) is 2.02. The average molecular weight is 953 g/mol. The van der Waals surface area contributed by atoms with Gasteiger partial charge in [0.1, 0.15) is 74.6 Å². The molecule has 340 valence electrons. The smallest absolute Gasteiger partial charge is 0.200 e. The van der Waals surface area contributed by atoms with E-state index >= 15 is 35.1 Å². The number of rotatable bonds is 8. The lowest BCUT2D eigenvalue weighted by Gasteiger charge is -2.44. The Kier molecular flexibility index (Phi) is 13.6. The molecule has 0 aromatic heterocycles. The van der Waals surface area contributed by atoms with Crippen molar-refractivity contribution < 1.29 is 92.0 Å². The van der Waals surface area contributed by atoms with Gasteiger partial charge in [-0.2, -0.15) is 0 Å². The van der Waals surface area contributed by atoms with E-state index in [1.165, 1.54) is 0 Å². The molecule has 0 aliphatic heterocycles. The first-order valence-corrected chi connectivity index (χ1v) is 19.3. The molecule has 1 unspecified atom stereocenters. The molecular weight excluding hydrogens is 933 g/mol. The molecule has 6 aromatic carbocycles. The zero-order valence-corrected chi connectivity index (χ0v) is 32.6. The first-order chi connectivity index (χ1) is 29.7. The van der Waals surface area contributed by atoms with Crippen molar-refractivity contribution in [3.63, 3.8) is 0 Å². The molecule has 0 aliphatic carbocycles. The molecule has 2 nitrogen and oxygen atoms in total. The Morgan fingerprint density at radius 1 is 0.375 bits per heavy atom. The first kappa shape index (κ1) is 49.0. The van der Waals surface area contributed by atoms with Gasteiger partial charge in [0.25, 0.3) is 0 Å². The van der Waals surface area contributed by atoms with E-state index in [0.29, 0.717) is 5.75 Å². The minimum absolute atomic E-state index is 0.588. The molecule has 0 saturated carbocycles. The molecule has 0 saturated heterocycles. The van der Waals surface area contributed by atoms with Crippen LogP contribution in [-0.4, -0.2) is 26.5 Å². The molecule has 24 heteroatoms. The zero-order valence-electron chi connectivity index (χ0n) is 31.8. The van der Waals surface area contributed by atoms with Crippen LogP contribution in [0.3, 0.4) is 0 Å². The Balaban J connectivity index is 0.000000337. The summed E-state index contributed by atoms with van der Waals surface area (Å²) in [6, 6.07) is 18.0. The van der Waals surface area contributed by atoms with Crippen molar-refractivity contribution >= 4 is 43.6 Å². The van der Waals surface area contributed by atoms with Crippen molar-refractivity contribution in [2.75, 3.05) is 25.3 Å². The van der Waals surface area contributed by atoms with Crippen LogP contribution < -0.4 is 26.8 Å². The molecule has 0 N–H and O–H groups in total. The van der Waals surface area contributed by atoms with Crippen LogP contribution in [0.5, 0.6) is 0 Å². The second kappa shape index (κ2) is 17.8. The molecule has 0 bridgehead atoms. The van der Waals surface area contributed by atoms with Gasteiger partial charge in [-0.15, -0.1) is 21.9 Å². The fourth-order valence-corrected chi connectivity index (χ4v) is 8.60. The summed E-state index contributed by atoms with van der Waals surface area (Å²) in [6.07, 6.45) is -5.38. The summed E-state index contributed by atoms with van der Waals surface area (Å²) in [6.45, 7) is 0. The molecule has 1 atom stereocenters. The monoisotopic (exact) mass is 953 g/mol. The lowest BCUT2D eigenvalue weighted by atomic mass is 9.12. The van der Waals surface area contributed by atoms with Gasteiger partial charge in [-0.1, -0.05) is 34.5 Å². The van der Waals surface area contributed by atoms with Crippen molar-refractivity contribution in [3.8, 4) is 0 Å². The Hall–Kier alpha value is -6.07. The molecule has 0 amide bonds. The van der Waals surface area contributed by atoms with E-state index in [9.17, 15) is 56.9 Å². The highest BCUT2D eigenvalue weighted by Crippen LogP contribution is 2.31. The Bertz CT molecular complexity index is 2500. The molecule has 0 aliphatic rings. The van der Waals surface area contributed by atoms with E-state index in [4.69, 9.17) is 0 Å². The van der Waals surface area contributed by atoms with Crippen LogP contribution in [-0.2, 0) is 19.9 Å². The van der Waals surface area contributed by atoms with Crippen molar-refractivity contribution in [2.24, 2.45) is 0 Å². The van der Waals surface area contributed by atoms with Crippen LogP contribution in [0.15, 0.2) is 59.5 Å². The summed E-state index contributed by atoms with van der Waals surface area (Å²) < 4.78 is 307. The topological polar surface area (TPSA) is 20.3 Å². The van der Waals surface area contributed by atoms with Crippen LogP contribution in [0, 0.1) is 116 Å². The molecule has 0 radical (unpaired) electrons. The highest BCUT2D eigenvalue weighted by atomic mass is 32.2. The van der Waals surface area contributed by atoms with E-state index in [1.54, 1.807) is 0 Å². The Labute approximate surface area is 347 Å². The second-order valence-electron chi connectivity index (χ2n) is 13.8. The van der Waals surface area contributed by atoms with Crippen molar-refractivity contribution in [2.45, 2.75) is 10.6 Å². The van der Waals surface area contributed by atoms with Gasteiger partial charge in [0.15, 0.2) is 74.7 Å². The number of halogens is 20. The van der Waals surface area contributed by atoms with Gasteiger partial charge in [-0.25, -0.2) is 87.8 Å². The summed E-state index contributed by atoms with van der Waals surface area (Å²) in [4.78, 5) is 2.98. The minimum atomic E-state index is -7.22. The number of nitrogens with zero attached hydrogens (tertiary/aromatic N) is 1. The van der Waals surface area contributed by atoms with Crippen LogP contribution in [0.2, 0.25) is 0 Å². The van der Waals surface area contributed by atoms with Gasteiger partial charge in [-0.3, -0.25) is 0 Å². The summed E-state index contributed by atoms with van der Waals surface area (Å²) in [5.41, 5.74) is -12.1. The lowest BCUT2D eigenvalue weighted by molar-refractivity contribution is 0.378. The summed E-state index contributed by atoms with van der Waals surface area (Å²) in [5, 5.41) is 0. The van der Waals surface area contributed by atoms with Crippen molar-refractivity contribution in [1.82, 2.24) is 0 Å². The van der Waals surface area contributed by atoms with Gasteiger partial charge in [0.05, 0.1) is 0 Å². The van der Waals surface area contributed by atoms with Crippen LogP contribution in [0.1, 0.15) is 5.56 Å². The normalized spacial score (nSPS) is 12.5. The third-order valence-electron chi connectivity index (χ3n) is 9.84. The average Bonchev–Trinajstić information content (AvgIpc) is 3.26. The summed E-state index contributed by atoms with van der Waals surface area (Å²) >= 11 is 0.